The van der Waals surface area contributed by atoms with Crippen molar-refractivity contribution in [3.63, 3.8) is 0 Å². The first-order chi connectivity index (χ1) is 5.95. The van der Waals surface area contributed by atoms with E-state index < -0.39 is 14.2 Å². The van der Waals surface area contributed by atoms with E-state index in [2.05, 4.69) is 19.6 Å². The second-order valence-corrected chi connectivity index (χ2v) is 10.2. The monoisotopic (exact) mass is 206 g/mol. The maximum atomic E-state index is 8.95. The highest BCUT2D eigenvalue weighted by Crippen LogP contribution is 2.10. The lowest BCUT2D eigenvalue weighted by Crippen LogP contribution is -2.22. The molecule has 0 amide bonds. The molecule has 3 nitrogen and oxygen atoms in total. The van der Waals surface area contributed by atoms with Gasteiger partial charge in [-0.15, -0.1) is 0 Å². The van der Waals surface area contributed by atoms with Crippen molar-refractivity contribution >= 4 is 8.07 Å². The SMILES string of the molecule is C[Si](C)(C)CCCOCC(O)CO. The Morgan fingerprint density at radius 3 is 2.38 bits per heavy atom. The predicted octanol–water partition coefficient (Wildman–Crippen LogP) is 1.08. The molecular formula is C9H22O3Si. The zero-order chi connectivity index (χ0) is 10.3. The molecule has 0 aromatic heterocycles. The summed E-state index contributed by atoms with van der Waals surface area (Å²) in [5.41, 5.74) is 0. The second kappa shape index (κ2) is 6.54. The molecule has 4 heteroatoms. The molecule has 0 saturated heterocycles. The normalized spacial score (nSPS) is 14.5. The van der Waals surface area contributed by atoms with E-state index in [1.807, 2.05) is 0 Å². The zero-order valence-electron chi connectivity index (χ0n) is 8.92. The van der Waals surface area contributed by atoms with Gasteiger partial charge < -0.3 is 14.9 Å². The quantitative estimate of drug-likeness (QED) is 0.484. The summed E-state index contributed by atoms with van der Waals surface area (Å²) in [5.74, 6) is 0. The molecule has 80 valence electrons. The minimum Gasteiger partial charge on any atom is -0.394 e. The minimum atomic E-state index is -0.935. The Kier molecular flexibility index (Phi) is 6.58. The fourth-order valence-electron chi connectivity index (χ4n) is 0.977. The molecule has 0 bridgehead atoms. The van der Waals surface area contributed by atoms with E-state index in [9.17, 15) is 0 Å². The van der Waals surface area contributed by atoms with Gasteiger partial charge in [0.2, 0.25) is 0 Å². The van der Waals surface area contributed by atoms with Crippen LogP contribution in [0.5, 0.6) is 0 Å². The third kappa shape index (κ3) is 10.0. The Hall–Kier alpha value is 0.0969. The Labute approximate surface area is 81.7 Å². The van der Waals surface area contributed by atoms with Gasteiger partial charge in [0.25, 0.3) is 0 Å². The zero-order valence-corrected chi connectivity index (χ0v) is 9.92. The molecule has 0 aliphatic rings. The first kappa shape index (κ1) is 13.1. The molecule has 0 aliphatic carbocycles. The molecule has 0 heterocycles. The molecule has 1 atom stereocenters. The number of rotatable bonds is 7. The van der Waals surface area contributed by atoms with Gasteiger partial charge in [-0.25, -0.2) is 0 Å². The predicted molar refractivity (Wildman–Crippen MR) is 56.7 cm³/mol. The number of aliphatic hydroxyl groups is 2. The lowest BCUT2D eigenvalue weighted by Gasteiger charge is -2.15. The highest BCUT2D eigenvalue weighted by atomic mass is 28.3. The molecule has 2 N–H and O–H groups in total. The lowest BCUT2D eigenvalue weighted by atomic mass is 10.4. The van der Waals surface area contributed by atoms with Gasteiger partial charge in [-0.3, -0.25) is 0 Å². The number of hydrogen-bond donors (Lipinski definition) is 2. The third-order valence-electron chi connectivity index (χ3n) is 1.74. The van der Waals surface area contributed by atoms with Crippen LogP contribution in [-0.4, -0.2) is 44.2 Å². The standard InChI is InChI=1S/C9H22O3Si/c1-13(2,3)6-4-5-12-8-9(11)7-10/h9-11H,4-8H2,1-3H3. The van der Waals surface area contributed by atoms with Gasteiger partial charge in [0, 0.05) is 14.7 Å². The molecule has 0 saturated carbocycles. The lowest BCUT2D eigenvalue weighted by molar-refractivity contribution is 0.00648. The number of ether oxygens (including phenoxy) is 1. The Bertz CT molecular complexity index is 123. The summed E-state index contributed by atoms with van der Waals surface area (Å²) < 4.78 is 5.19. The summed E-state index contributed by atoms with van der Waals surface area (Å²) in [6, 6.07) is 1.25. The van der Waals surface area contributed by atoms with Crippen molar-refractivity contribution < 1.29 is 14.9 Å². The topological polar surface area (TPSA) is 49.7 Å². The molecular weight excluding hydrogens is 184 g/mol. The van der Waals surface area contributed by atoms with Gasteiger partial charge in [0.15, 0.2) is 0 Å². The van der Waals surface area contributed by atoms with E-state index in [1.54, 1.807) is 0 Å². The maximum Gasteiger partial charge on any atom is 0.100 e. The van der Waals surface area contributed by atoms with Crippen LogP contribution in [-0.2, 0) is 4.74 Å². The summed E-state index contributed by atoms with van der Waals surface area (Å²) in [6.45, 7) is 7.72. The molecule has 1 unspecified atom stereocenters. The van der Waals surface area contributed by atoms with Gasteiger partial charge in [-0.1, -0.05) is 25.7 Å². The van der Waals surface area contributed by atoms with Crippen molar-refractivity contribution in [1.29, 1.82) is 0 Å². The highest BCUT2D eigenvalue weighted by molar-refractivity contribution is 6.76. The molecule has 0 rings (SSSR count). The Balaban J connectivity index is 3.18. The molecule has 13 heavy (non-hydrogen) atoms. The summed E-state index contributed by atoms with van der Waals surface area (Å²) in [6.07, 6.45) is 0.348. The van der Waals surface area contributed by atoms with Crippen molar-refractivity contribution in [2.75, 3.05) is 19.8 Å². The summed E-state index contributed by atoms with van der Waals surface area (Å²) >= 11 is 0. The van der Waals surface area contributed by atoms with E-state index in [0.29, 0.717) is 6.61 Å². The number of hydrogen-bond acceptors (Lipinski definition) is 3. The Morgan fingerprint density at radius 2 is 1.92 bits per heavy atom. The van der Waals surface area contributed by atoms with Gasteiger partial charge in [0.05, 0.1) is 13.2 Å². The summed E-state index contributed by atoms with van der Waals surface area (Å²) in [5, 5.41) is 17.4. The van der Waals surface area contributed by atoms with Crippen LogP contribution in [0.4, 0.5) is 0 Å². The van der Waals surface area contributed by atoms with E-state index in [-0.39, 0.29) is 13.2 Å². The number of aliphatic hydroxyl groups excluding tert-OH is 2. The van der Waals surface area contributed by atoms with E-state index in [1.165, 1.54) is 6.04 Å². The van der Waals surface area contributed by atoms with Gasteiger partial charge in [0.1, 0.15) is 6.10 Å². The van der Waals surface area contributed by atoms with Crippen LogP contribution in [0, 0.1) is 0 Å². The largest absolute Gasteiger partial charge is 0.394 e. The Morgan fingerprint density at radius 1 is 1.31 bits per heavy atom. The summed E-state index contributed by atoms with van der Waals surface area (Å²) in [7, 11) is -0.935. The molecule has 0 aromatic rings. The van der Waals surface area contributed by atoms with Crippen LogP contribution >= 0.6 is 0 Å². The van der Waals surface area contributed by atoms with Crippen LogP contribution in [0.3, 0.4) is 0 Å². The van der Waals surface area contributed by atoms with Crippen LogP contribution in [0.1, 0.15) is 6.42 Å². The van der Waals surface area contributed by atoms with Crippen molar-refractivity contribution in [1.82, 2.24) is 0 Å². The summed E-state index contributed by atoms with van der Waals surface area (Å²) in [4.78, 5) is 0. The van der Waals surface area contributed by atoms with Gasteiger partial charge >= 0.3 is 0 Å². The molecule has 0 radical (unpaired) electrons. The fraction of sp³-hybridized carbons (Fsp3) is 1.00. The smallest absolute Gasteiger partial charge is 0.100 e. The third-order valence-corrected chi connectivity index (χ3v) is 3.59. The first-order valence-corrected chi connectivity index (χ1v) is 8.53. The van der Waals surface area contributed by atoms with Crippen LogP contribution in [0.25, 0.3) is 0 Å². The molecule has 0 fully saturated rings. The average Bonchev–Trinajstić information content (AvgIpc) is 2.01. The molecule has 0 aliphatic heterocycles. The molecule has 0 spiro atoms. The van der Waals surface area contributed by atoms with Crippen molar-refractivity contribution in [3.8, 4) is 0 Å². The van der Waals surface area contributed by atoms with E-state index in [4.69, 9.17) is 14.9 Å². The van der Waals surface area contributed by atoms with E-state index >= 15 is 0 Å². The second-order valence-electron chi connectivity index (χ2n) is 4.58. The highest BCUT2D eigenvalue weighted by Gasteiger charge is 2.11. The average molecular weight is 206 g/mol. The van der Waals surface area contributed by atoms with Crippen LogP contribution in [0.15, 0.2) is 0 Å². The van der Waals surface area contributed by atoms with E-state index in [0.717, 1.165) is 6.42 Å². The van der Waals surface area contributed by atoms with Crippen molar-refractivity contribution in [3.05, 3.63) is 0 Å². The van der Waals surface area contributed by atoms with Crippen LogP contribution in [0.2, 0.25) is 25.7 Å². The first-order valence-electron chi connectivity index (χ1n) is 4.82. The molecule has 0 aromatic carbocycles. The van der Waals surface area contributed by atoms with Crippen LogP contribution < -0.4 is 0 Å². The fourth-order valence-corrected chi connectivity index (χ4v) is 2.18. The maximum absolute atomic E-state index is 8.95. The van der Waals surface area contributed by atoms with Gasteiger partial charge in [-0.2, -0.15) is 0 Å². The van der Waals surface area contributed by atoms with Crippen molar-refractivity contribution in [2.24, 2.45) is 0 Å². The van der Waals surface area contributed by atoms with Gasteiger partial charge in [-0.05, 0) is 6.42 Å². The minimum absolute atomic E-state index is 0.214. The van der Waals surface area contributed by atoms with Crippen molar-refractivity contribution in [2.45, 2.75) is 38.2 Å².